The fraction of sp³-hybridized carbons (Fsp3) is 0.600. The summed E-state index contributed by atoms with van der Waals surface area (Å²) in [4.78, 5) is 0. The SMILES string of the molecule is CSC(C)(C)CNC(c1ccccc1)C1CC1. The molecule has 1 aliphatic carbocycles. The molecule has 0 heterocycles. The summed E-state index contributed by atoms with van der Waals surface area (Å²) in [5.74, 6) is 0.857. The first-order valence-corrected chi connectivity index (χ1v) is 7.68. The van der Waals surface area contributed by atoms with Crippen LogP contribution in [0.3, 0.4) is 0 Å². The van der Waals surface area contributed by atoms with Gasteiger partial charge in [0.2, 0.25) is 0 Å². The molecule has 0 aliphatic heterocycles. The summed E-state index contributed by atoms with van der Waals surface area (Å²) in [5.41, 5.74) is 1.45. The number of hydrogen-bond donors (Lipinski definition) is 1. The molecule has 1 saturated carbocycles. The van der Waals surface area contributed by atoms with Crippen LogP contribution in [0.2, 0.25) is 0 Å². The van der Waals surface area contributed by atoms with Crippen molar-refractivity contribution in [2.24, 2.45) is 5.92 Å². The van der Waals surface area contributed by atoms with Gasteiger partial charge in [-0.05, 0) is 44.4 Å². The van der Waals surface area contributed by atoms with Crippen LogP contribution in [0.25, 0.3) is 0 Å². The molecule has 17 heavy (non-hydrogen) atoms. The van der Waals surface area contributed by atoms with Crippen LogP contribution in [-0.4, -0.2) is 17.5 Å². The van der Waals surface area contributed by atoms with E-state index in [1.165, 1.54) is 18.4 Å². The number of nitrogens with one attached hydrogen (secondary N) is 1. The minimum atomic E-state index is 0.321. The Hall–Kier alpha value is -0.470. The van der Waals surface area contributed by atoms with Crippen LogP contribution in [0.5, 0.6) is 0 Å². The predicted octanol–water partition coefficient (Wildman–Crippen LogP) is 3.87. The Morgan fingerprint density at radius 3 is 2.47 bits per heavy atom. The Kier molecular flexibility index (Phi) is 4.16. The van der Waals surface area contributed by atoms with Gasteiger partial charge in [-0.2, -0.15) is 11.8 Å². The minimum absolute atomic E-state index is 0.321. The molecule has 0 amide bonds. The van der Waals surface area contributed by atoms with Crippen LogP contribution in [-0.2, 0) is 0 Å². The Bertz CT molecular complexity index is 343. The fourth-order valence-corrected chi connectivity index (χ4v) is 2.30. The lowest BCUT2D eigenvalue weighted by atomic mass is 10.0. The van der Waals surface area contributed by atoms with E-state index >= 15 is 0 Å². The van der Waals surface area contributed by atoms with Gasteiger partial charge in [-0.15, -0.1) is 0 Å². The van der Waals surface area contributed by atoms with Crippen LogP contribution >= 0.6 is 11.8 Å². The molecule has 1 aromatic rings. The van der Waals surface area contributed by atoms with Crippen LogP contribution < -0.4 is 5.32 Å². The zero-order valence-corrected chi connectivity index (χ0v) is 11.9. The van der Waals surface area contributed by atoms with Gasteiger partial charge in [0.25, 0.3) is 0 Å². The first-order valence-electron chi connectivity index (χ1n) is 6.46. The van der Waals surface area contributed by atoms with E-state index in [2.05, 4.69) is 55.8 Å². The van der Waals surface area contributed by atoms with Gasteiger partial charge in [-0.3, -0.25) is 0 Å². The van der Waals surface area contributed by atoms with Crippen molar-refractivity contribution in [1.29, 1.82) is 0 Å². The molecule has 1 nitrogen and oxygen atoms in total. The van der Waals surface area contributed by atoms with Gasteiger partial charge in [-0.1, -0.05) is 30.3 Å². The van der Waals surface area contributed by atoms with Crippen molar-refractivity contribution in [2.75, 3.05) is 12.8 Å². The molecule has 2 rings (SSSR count). The summed E-state index contributed by atoms with van der Waals surface area (Å²) in [6.07, 6.45) is 4.95. The molecule has 0 spiro atoms. The lowest BCUT2D eigenvalue weighted by molar-refractivity contribution is 0.455. The predicted molar refractivity (Wildman–Crippen MR) is 77.5 cm³/mol. The van der Waals surface area contributed by atoms with Crippen molar-refractivity contribution >= 4 is 11.8 Å². The largest absolute Gasteiger partial charge is 0.308 e. The number of thioether (sulfide) groups is 1. The molecule has 0 aromatic heterocycles. The molecular weight excluding hydrogens is 226 g/mol. The smallest absolute Gasteiger partial charge is 0.0349 e. The Balaban J connectivity index is 1.99. The Labute approximate surface area is 109 Å². The van der Waals surface area contributed by atoms with Crippen molar-refractivity contribution < 1.29 is 0 Å². The van der Waals surface area contributed by atoms with Gasteiger partial charge in [0, 0.05) is 17.3 Å². The van der Waals surface area contributed by atoms with Gasteiger partial charge in [0.05, 0.1) is 0 Å². The van der Waals surface area contributed by atoms with Gasteiger partial charge in [0.15, 0.2) is 0 Å². The van der Waals surface area contributed by atoms with Crippen molar-refractivity contribution in [2.45, 2.75) is 37.5 Å². The van der Waals surface area contributed by atoms with E-state index < -0.39 is 0 Å². The van der Waals surface area contributed by atoms with E-state index in [9.17, 15) is 0 Å². The second kappa shape index (κ2) is 5.45. The first kappa shape index (κ1) is 13.0. The van der Waals surface area contributed by atoms with Gasteiger partial charge in [-0.25, -0.2) is 0 Å². The van der Waals surface area contributed by atoms with Crippen molar-refractivity contribution in [3.8, 4) is 0 Å². The zero-order chi connectivity index (χ0) is 12.3. The third-order valence-corrected chi connectivity index (χ3v) is 4.80. The minimum Gasteiger partial charge on any atom is -0.308 e. The summed E-state index contributed by atoms with van der Waals surface area (Å²) < 4.78 is 0.321. The standard InChI is InChI=1S/C15H23NS/c1-15(2,17-3)11-16-14(13-9-10-13)12-7-5-4-6-8-12/h4-8,13-14,16H,9-11H2,1-3H3. The topological polar surface area (TPSA) is 12.0 Å². The monoisotopic (exact) mass is 249 g/mol. The molecule has 94 valence electrons. The number of rotatable bonds is 6. The third kappa shape index (κ3) is 3.75. The summed E-state index contributed by atoms with van der Waals surface area (Å²) in [5, 5.41) is 3.77. The molecule has 1 aliphatic rings. The fourth-order valence-electron chi connectivity index (χ4n) is 2.07. The molecule has 2 heteroatoms. The maximum atomic E-state index is 3.77. The molecule has 1 aromatic carbocycles. The van der Waals surface area contributed by atoms with Crippen LogP contribution in [0.4, 0.5) is 0 Å². The normalized spacial score (nSPS) is 18.1. The molecule has 1 atom stereocenters. The van der Waals surface area contributed by atoms with Gasteiger partial charge in [0.1, 0.15) is 0 Å². The highest BCUT2D eigenvalue weighted by molar-refractivity contribution is 7.99. The molecule has 1 N–H and O–H groups in total. The number of hydrogen-bond acceptors (Lipinski definition) is 2. The van der Waals surface area contributed by atoms with E-state index in [1.54, 1.807) is 0 Å². The second-order valence-electron chi connectivity index (χ2n) is 5.57. The van der Waals surface area contributed by atoms with Crippen molar-refractivity contribution in [1.82, 2.24) is 5.32 Å². The number of benzene rings is 1. The van der Waals surface area contributed by atoms with E-state index in [1.807, 2.05) is 11.8 Å². The van der Waals surface area contributed by atoms with E-state index in [-0.39, 0.29) is 0 Å². The highest BCUT2D eigenvalue weighted by atomic mass is 32.2. The molecule has 1 fully saturated rings. The summed E-state index contributed by atoms with van der Waals surface area (Å²) in [7, 11) is 0. The molecule has 0 saturated heterocycles. The van der Waals surface area contributed by atoms with E-state index in [4.69, 9.17) is 0 Å². The molecule has 0 bridgehead atoms. The third-order valence-electron chi connectivity index (χ3n) is 3.55. The van der Waals surface area contributed by atoms with Gasteiger partial charge >= 0.3 is 0 Å². The van der Waals surface area contributed by atoms with Crippen LogP contribution in [0, 0.1) is 5.92 Å². The highest BCUT2D eigenvalue weighted by Crippen LogP contribution is 2.41. The molecule has 0 radical (unpaired) electrons. The summed E-state index contributed by atoms with van der Waals surface area (Å²) >= 11 is 1.93. The van der Waals surface area contributed by atoms with E-state index in [0.717, 1.165) is 12.5 Å². The quantitative estimate of drug-likeness (QED) is 0.821. The average molecular weight is 249 g/mol. The Morgan fingerprint density at radius 1 is 1.29 bits per heavy atom. The maximum Gasteiger partial charge on any atom is 0.0349 e. The van der Waals surface area contributed by atoms with Crippen LogP contribution in [0.15, 0.2) is 30.3 Å². The summed E-state index contributed by atoms with van der Waals surface area (Å²) in [6, 6.07) is 11.4. The zero-order valence-electron chi connectivity index (χ0n) is 11.1. The lowest BCUT2D eigenvalue weighted by Crippen LogP contribution is -2.35. The lowest BCUT2D eigenvalue weighted by Gasteiger charge is -2.27. The van der Waals surface area contributed by atoms with Crippen LogP contribution in [0.1, 0.15) is 38.3 Å². The summed E-state index contributed by atoms with van der Waals surface area (Å²) in [6.45, 7) is 5.68. The maximum absolute atomic E-state index is 3.77. The highest BCUT2D eigenvalue weighted by Gasteiger charge is 2.32. The first-order chi connectivity index (χ1) is 8.12. The van der Waals surface area contributed by atoms with E-state index in [0.29, 0.717) is 10.8 Å². The van der Waals surface area contributed by atoms with Crippen molar-refractivity contribution in [3.63, 3.8) is 0 Å². The van der Waals surface area contributed by atoms with Crippen molar-refractivity contribution in [3.05, 3.63) is 35.9 Å². The Morgan fingerprint density at radius 2 is 1.94 bits per heavy atom. The average Bonchev–Trinajstić information content (AvgIpc) is 3.15. The van der Waals surface area contributed by atoms with Gasteiger partial charge < -0.3 is 5.32 Å². The second-order valence-corrected chi connectivity index (χ2v) is 7.08. The molecular formula is C15H23NS. The molecule has 1 unspecified atom stereocenters.